The minimum atomic E-state index is 0.202. The lowest BCUT2D eigenvalue weighted by atomic mass is 9.95. The quantitative estimate of drug-likeness (QED) is 0.870. The van der Waals surface area contributed by atoms with E-state index in [9.17, 15) is 5.11 Å². The van der Waals surface area contributed by atoms with Gasteiger partial charge in [-0.3, -0.25) is 4.98 Å². The zero-order valence-corrected chi connectivity index (χ0v) is 15.5. The minimum Gasteiger partial charge on any atom is -0.506 e. The Labute approximate surface area is 159 Å². The number of nitrogens with zero attached hydrogens (tertiary/aromatic N) is 2. The number of likely N-dealkylation sites (N-methyl/N-ethyl adjacent to an activating group) is 1. The van der Waals surface area contributed by atoms with Gasteiger partial charge in [0.1, 0.15) is 17.0 Å². The number of aromatic hydroxyl groups is 1. The van der Waals surface area contributed by atoms with Crippen molar-refractivity contribution in [3.05, 3.63) is 89.5 Å². The summed E-state index contributed by atoms with van der Waals surface area (Å²) in [5.41, 5.74) is 3.99. The van der Waals surface area contributed by atoms with E-state index < -0.39 is 0 Å². The van der Waals surface area contributed by atoms with Crippen molar-refractivity contribution in [1.29, 1.82) is 0 Å². The largest absolute Gasteiger partial charge is 0.506 e. The smallest absolute Gasteiger partial charge is 0.141 e. The Morgan fingerprint density at radius 3 is 2.96 bits per heavy atom. The summed E-state index contributed by atoms with van der Waals surface area (Å²) in [6.45, 7) is 2.66. The van der Waals surface area contributed by atoms with Crippen LogP contribution in [0.5, 0.6) is 5.75 Å². The number of pyridine rings is 1. The molecule has 2 aliphatic rings. The zero-order valence-electron chi connectivity index (χ0n) is 15.5. The summed E-state index contributed by atoms with van der Waals surface area (Å²) in [6.07, 6.45) is 16.4. The Hall–Kier alpha value is -3.27. The summed E-state index contributed by atoms with van der Waals surface area (Å²) >= 11 is 0. The van der Waals surface area contributed by atoms with Gasteiger partial charge in [-0.2, -0.15) is 0 Å². The summed E-state index contributed by atoms with van der Waals surface area (Å²) in [7, 11) is 2.09. The second-order valence-electron chi connectivity index (χ2n) is 6.56. The van der Waals surface area contributed by atoms with Crippen molar-refractivity contribution >= 4 is 17.0 Å². The van der Waals surface area contributed by atoms with Gasteiger partial charge in [-0.05, 0) is 54.5 Å². The van der Waals surface area contributed by atoms with Gasteiger partial charge in [0, 0.05) is 24.3 Å². The Morgan fingerprint density at radius 1 is 1.22 bits per heavy atom. The third-order valence-electron chi connectivity index (χ3n) is 4.89. The number of rotatable bonds is 4. The van der Waals surface area contributed by atoms with Gasteiger partial charge in [-0.25, -0.2) is 0 Å². The highest BCUT2D eigenvalue weighted by Crippen LogP contribution is 2.30. The van der Waals surface area contributed by atoms with E-state index in [4.69, 9.17) is 4.74 Å². The summed E-state index contributed by atoms with van der Waals surface area (Å²) in [5, 5.41) is 10.9. The standard InChI is InChI=1S/C23H22N2O2/c1-3-27-19-11-12-21-17(15-19)7-10-18(25(21)2)9-6-16-8-13-22(26)23-20(16)5-4-14-24-23/h4-15,21,26H,3H2,1-2H3. The van der Waals surface area contributed by atoms with Crippen molar-refractivity contribution in [2.24, 2.45) is 0 Å². The van der Waals surface area contributed by atoms with E-state index >= 15 is 0 Å². The van der Waals surface area contributed by atoms with Crippen molar-refractivity contribution in [2.45, 2.75) is 13.0 Å². The first-order valence-corrected chi connectivity index (χ1v) is 9.09. The maximum absolute atomic E-state index is 10.0. The molecule has 0 saturated carbocycles. The lowest BCUT2D eigenvalue weighted by Crippen LogP contribution is -2.33. The molecule has 1 aromatic heterocycles. The molecule has 1 aliphatic carbocycles. The fourth-order valence-corrected chi connectivity index (χ4v) is 3.48. The number of phenols is 1. The second-order valence-corrected chi connectivity index (χ2v) is 6.56. The summed E-state index contributed by atoms with van der Waals surface area (Å²) in [4.78, 5) is 6.52. The van der Waals surface area contributed by atoms with Crippen LogP contribution in [-0.2, 0) is 4.74 Å². The predicted molar refractivity (Wildman–Crippen MR) is 109 cm³/mol. The first-order chi connectivity index (χ1) is 13.2. The van der Waals surface area contributed by atoms with Crippen molar-refractivity contribution in [2.75, 3.05) is 13.7 Å². The molecule has 1 N–H and O–H groups in total. The van der Waals surface area contributed by atoms with Crippen LogP contribution in [0, 0.1) is 0 Å². The molecule has 0 radical (unpaired) electrons. The van der Waals surface area contributed by atoms with Crippen LogP contribution in [0.2, 0.25) is 0 Å². The molecule has 1 atom stereocenters. The van der Waals surface area contributed by atoms with Crippen molar-refractivity contribution < 1.29 is 9.84 Å². The topological polar surface area (TPSA) is 45.6 Å². The number of benzene rings is 1. The van der Waals surface area contributed by atoms with Gasteiger partial charge in [0.15, 0.2) is 0 Å². The van der Waals surface area contributed by atoms with Gasteiger partial charge < -0.3 is 14.7 Å². The average molecular weight is 358 g/mol. The monoisotopic (exact) mass is 358 g/mol. The highest BCUT2D eigenvalue weighted by atomic mass is 16.5. The number of aromatic nitrogens is 1. The Balaban J connectivity index is 1.64. The summed E-state index contributed by atoms with van der Waals surface area (Å²) in [5.74, 6) is 1.11. The predicted octanol–water partition coefficient (Wildman–Crippen LogP) is 4.57. The van der Waals surface area contributed by atoms with E-state index in [-0.39, 0.29) is 11.8 Å². The van der Waals surface area contributed by atoms with Crippen molar-refractivity contribution in [3.63, 3.8) is 0 Å². The van der Waals surface area contributed by atoms with Gasteiger partial charge in [-0.1, -0.05) is 30.4 Å². The van der Waals surface area contributed by atoms with E-state index in [2.05, 4.69) is 53.4 Å². The number of hydrogen-bond donors (Lipinski definition) is 1. The molecule has 0 amide bonds. The fourth-order valence-electron chi connectivity index (χ4n) is 3.48. The highest BCUT2D eigenvalue weighted by molar-refractivity contribution is 5.91. The molecule has 4 nitrogen and oxygen atoms in total. The van der Waals surface area contributed by atoms with Gasteiger partial charge in [0.2, 0.25) is 0 Å². The number of fused-ring (bicyclic) bond motifs is 2. The molecule has 1 aromatic carbocycles. The fraction of sp³-hybridized carbons (Fsp3) is 0.174. The first kappa shape index (κ1) is 17.2. The number of hydrogen-bond acceptors (Lipinski definition) is 4. The van der Waals surface area contributed by atoms with Crippen molar-refractivity contribution in [3.8, 4) is 5.75 Å². The van der Waals surface area contributed by atoms with E-state index in [1.54, 1.807) is 12.3 Å². The van der Waals surface area contributed by atoms with Crippen LogP contribution in [0.25, 0.3) is 17.0 Å². The van der Waals surface area contributed by atoms with E-state index in [1.807, 2.05) is 31.2 Å². The lowest BCUT2D eigenvalue weighted by Gasteiger charge is -2.34. The molecular formula is C23H22N2O2. The molecule has 2 aromatic rings. The molecule has 0 saturated heterocycles. The number of phenolic OH excluding ortho intramolecular Hbond substituents is 1. The average Bonchev–Trinajstić information content (AvgIpc) is 2.69. The van der Waals surface area contributed by atoms with Crippen LogP contribution in [0.3, 0.4) is 0 Å². The van der Waals surface area contributed by atoms with Crippen LogP contribution in [0.15, 0.2) is 83.9 Å². The molecule has 0 spiro atoms. The molecule has 27 heavy (non-hydrogen) atoms. The molecular weight excluding hydrogens is 336 g/mol. The lowest BCUT2D eigenvalue weighted by molar-refractivity contribution is 0.239. The first-order valence-electron chi connectivity index (χ1n) is 9.09. The maximum Gasteiger partial charge on any atom is 0.141 e. The van der Waals surface area contributed by atoms with Gasteiger partial charge >= 0.3 is 0 Å². The normalized spacial score (nSPS) is 19.0. The summed E-state index contributed by atoms with van der Waals surface area (Å²) in [6, 6.07) is 7.67. The molecule has 4 rings (SSSR count). The van der Waals surface area contributed by atoms with Crippen LogP contribution in [0.1, 0.15) is 12.5 Å². The number of allylic oxidation sites excluding steroid dienone is 4. The van der Waals surface area contributed by atoms with Crippen LogP contribution in [-0.4, -0.2) is 34.7 Å². The third kappa shape index (κ3) is 3.26. The van der Waals surface area contributed by atoms with E-state index in [0.29, 0.717) is 12.1 Å². The van der Waals surface area contributed by atoms with Gasteiger partial charge in [-0.15, -0.1) is 0 Å². The highest BCUT2D eigenvalue weighted by Gasteiger charge is 2.22. The van der Waals surface area contributed by atoms with E-state index in [1.165, 1.54) is 5.57 Å². The SMILES string of the molecule is CCOC1=CC2=CC=C(C=Cc3ccc(O)c4ncccc34)N(C)C2C=C1. The maximum atomic E-state index is 10.0. The second kappa shape index (κ2) is 7.16. The molecule has 4 heteroatoms. The van der Waals surface area contributed by atoms with Gasteiger partial charge in [0.25, 0.3) is 0 Å². The molecule has 0 fully saturated rings. The molecule has 2 heterocycles. The Kier molecular flexibility index (Phi) is 4.55. The van der Waals surface area contributed by atoms with Gasteiger partial charge in [0.05, 0.1) is 12.6 Å². The molecule has 0 bridgehead atoms. The van der Waals surface area contributed by atoms with E-state index in [0.717, 1.165) is 22.4 Å². The van der Waals surface area contributed by atoms with Crippen LogP contribution < -0.4 is 0 Å². The Morgan fingerprint density at radius 2 is 2.11 bits per heavy atom. The van der Waals surface area contributed by atoms with Crippen LogP contribution in [0.4, 0.5) is 0 Å². The molecule has 1 unspecified atom stereocenters. The molecule has 136 valence electrons. The third-order valence-corrected chi connectivity index (χ3v) is 4.89. The van der Waals surface area contributed by atoms with Crippen LogP contribution >= 0.6 is 0 Å². The number of ether oxygens (including phenoxy) is 1. The van der Waals surface area contributed by atoms with Crippen molar-refractivity contribution in [1.82, 2.24) is 9.88 Å². The minimum absolute atomic E-state index is 0.202. The molecule has 1 aliphatic heterocycles. The zero-order chi connectivity index (χ0) is 18.8. The summed E-state index contributed by atoms with van der Waals surface area (Å²) < 4.78 is 5.60. The Bertz CT molecular complexity index is 1030.